The van der Waals surface area contributed by atoms with E-state index in [0.717, 1.165) is 35.0 Å². The molecular formula is C18H25N3O2S. The highest BCUT2D eigenvalue weighted by Crippen LogP contribution is 2.35. The van der Waals surface area contributed by atoms with E-state index >= 15 is 0 Å². The summed E-state index contributed by atoms with van der Waals surface area (Å²) in [5, 5.41) is 3.67. The van der Waals surface area contributed by atoms with Crippen molar-refractivity contribution in [2.45, 2.75) is 59.5 Å². The second kappa shape index (κ2) is 6.67. The molecule has 0 aliphatic heterocycles. The topological polar surface area (TPSA) is 64.0 Å². The van der Waals surface area contributed by atoms with Gasteiger partial charge in [0.1, 0.15) is 11.4 Å². The third kappa shape index (κ3) is 3.24. The summed E-state index contributed by atoms with van der Waals surface area (Å²) in [6.07, 6.45) is 4.59. The predicted octanol–water partition coefficient (Wildman–Crippen LogP) is 2.74. The Morgan fingerprint density at radius 2 is 2.21 bits per heavy atom. The lowest BCUT2D eigenvalue weighted by molar-refractivity contribution is -0.122. The molecule has 2 aromatic heterocycles. The van der Waals surface area contributed by atoms with Gasteiger partial charge in [0, 0.05) is 10.9 Å². The third-order valence-electron chi connectivity index (χ3n) is 4.98. The second-order valence-electron chi connectivity index (χ2n) is 7.31. The first kappa shape index (κ1) is 17.1. The maximum absolute atomic E-state index is 12.8. The summed E-state index contributed by atoms with van der Waals surface area (Å²) in [5.74, 6) is 0.880. The summed E-state index contributed by atoms with van der Waals surface area (Å²) in [4.78, 5) is 31.6. The van der Waals surface area contributed by atoms with Crippen LogP contribution >= 0.6 is 11.3 Å². The highest BCUT2D eigenvalue weighted by molar-refractivity contribution is 7.18. The number of aromatic nitrogens is 2. The lowest BCUT2D eigenvalue weighted by Crippen LogP contribution is -2.39. The van der Waals surface area contributed by atoms with Gasteiger partial charge < -0.3 is 5.32 Å². The molecule has 0 saturated carbocycles. The first-order valence-corrected chi connectivity index (χ1v) is 9.47. The fourth-order valence-electron chi connectivity index (χ4n) is 3.10. The van der Waals surface area contributed by atoms with Crippen molar-refractivity contribution in [3.8, 4) is 0 Å². The number of thiophene rings is 1. The van der Waals surface area contributed by atoms with E-state index in [1.807, 2.05) is 6.92 Å². The average molecular weight is 347 g/mol. The van der Waals surface area contributed by atoms with E-state index in [0.29, 0.717) is 11.8 Å². The Morgan fingerprint density at radius 3 is 2.92 bits per heavy atom. The van der Waals surface area contributed by atoms with Gasteiger partial charge in [0.15, 0.2) is 0 Å². The van der Waals surface area contributed by atoms with Gasteiger partial charge in [-0.05, 0) is 43.6 Å². The molecular weight excluding hydrogens is 322 g/mol. The maximum Gasteiger partial charge on any atom is 0.262 e. The molecule has 24 heavy (non-hydrogen) atoms. The van der Waals surface area contributed by atoms with Gasteiger partial charge in [-0.2, -0.15) is 0 Å². The zero-order valence-electron chi connectivity index (χ0n) is 14.8. The van der Waals surface area contributed by atoms with Crippen molar-refractivity contribution in [2.24, 2.45) is 11.8 Å². The van der Waals surface area contributed by atoms with Gasteiger partial charge >= 0.3 is 0 Å². The summed E-state index contributed by atoms with van der Waals surface area (Å²) < 4.78 is 1.44. The number of nitrogens with one attached hydrogen (secondary N) is 1. The smallest absolute Gasteiger partial charge is 0.262 e. The molecule has 0 unspecified atom stereocenters. The molecule has 0 aromatic carbocycles. The van der Waals surface area contributed by atoms with Gasteiger partial charge in [-0.3, -0.25) is 14.2 Å². The largest absolute Gasteiger partial charge is 0.352 e. The van der Waals surface area contributed by atoms with Crippen LogP contribution in [0.25, 0.3) is 10.2 Å². The van der Waals surface area contributed by atoms with Crippen LogP contribution in [0.5, 0.6) is 0 Å². The molecule has 0 bridgehead atoms. The Bertz CT molecular complexity index is 822. The molecule has 0 saturated heterocycles. The van der Waals surface area contributed by atoms with Crippen LogP contribution < -0.4 is 10.9 Å². The number of carbonyl (C=O) groups excluding carboxylic acids is 1. The number of aryl methyl sites for hydroxylation is 1. The molecule has 0 radical (unpaired) electrons. The maximum atomic E-state index is 12.8. The Morgan fingerprint density at radius 1 is 1.46 bits per heavy atom. The van der Waals surface area contributed by atoms with Gasteiger partial charge in [-0.15, -0.1) is 11.3 Å². The van der Waals surface area contributed by atoms with Gasteiger partial charge in [-0.25, -0.2) is 4.98 Å². The molecule has 130 valence electrons. The van der Waals surface area contributed by atoms with Gasteiger partial charge in [0.05, 0.1) is 11.7 Å². The number of fused-ring (bicyclic) bond motifs is 3. The third-order valence-corrected chi connectivity index (χ3v) is 6.15. The lowest BCUT2D eigenvalue weighted by atomic mass is 9.89. The number of rotatable bonds is 4. The van der Waals surface area contributed by atoms with Crippen molar-refractivity contribution >= 4 is 27.5 Å². The minimum atomic E-state index is -0.142. The molecule has 2 atom stereocenters. The van der Waals surface area contributed by atoms with E-state index < -0.39 is 0 Å². The summed E-state index contributed by atoms with van der Waals surface area (Å²) in [7, 11) is 0. The summed E-state index contributed by atoms with van der Waals surface area (Å²) in [5.41, 5.74) is 1.08. The fraction of sp³-hybridized carbons (Fsp3) is 0.611. The summed E-state index contributed by atoms with van der Waals surface area (Å²) >= 11 is 1.63. The van der Waals surface area contributed by atoms with Crippen LogP contribution in [0, 0.1) is 11.8 Å². The van der Waals surface area contributed by atoms with Crippen molar-refractivity contribution in [1.29, 1.82) is 0 Å². The molecule has 2 heterocycles. The first-order valence-electron chi connectivity index (χ1n) is 8.65. The van der Waals surface area contributed by atoms with Crippen molar-refractivity contribution in [1.82, 2.24) is 14.9 Å². The van der Waals surface area contributed by atoms with Crippen molar-refractivity contribution in [3.05, 3.63) is 27.1 Å². The number of amides is 1. The van der Waals surface area contributed by atoms with E-state index in [2.05, 4.69) is 31.1 Å². The quantitative estimate of drug-likeness (QED) is 0.925. The fourth-order valence-corrected chi connectivity index (χ4v) is 4.44. The van der Waals surface area contributed by atoms with Crippen molar-refractivity contribution < 1.29 is 4.79 Å². The molecule has 0 spiro atoms. The van der Waals surface area contributed by atoms with Crippen LogP contribution in [0.4, 0.5) is 0 Å². The van der Waals surface area contributed by atoms with Crippen molar-refractivity contribution in [3.63, 3.8) is 0 Å². The van der Waals surface area contributed by atoms with Crippen LogP contribution in [0.15, 0.2) is 11.1 Å². The lowest BCUT2D eigenvalue weighted by Gasteiger charge is -2.18. The highest BCUT2D eigenvalue weighted by Gasteiger charge is 2.23. The van der Waals surface area contributed by atoms with E-state index in [4.69, 9.17) is 0 Å². The number of hydrogen-bond donors (Lipinski definition) is 1. The van der Waals surface area contributed by atoms with E-state index in [9.17, 15) is 9.59 Å². The number of nitrogens with zero attached hydrogens (tertiary/aromatic N) is 2. The number of carbonyl (C=O) groups is 1. The van der Waals surface area contributed by atoms with Crippen LogP contribution in [0.3, 0.4) is 0 Å². The second-order valence-corrected chi connectivity index (χ2v) is 8.39. The molecule has 1 aliphatic carbocycles. The summed E-state index contributed by atoms with van der Waals surface area (Å²) in [6.45, 7) is 8.37. The van der Waals surface area contributed by atoms with Gasteiger partial charge in [-0.1, -0.05) is 20.8 Å². The molecule has 1 aliphatic rings. The molecule has 3 rings (SSSR count). The Labute approximate surface area is 146 Å². The van der Waals surface area contributed by atoms with E-state index in [-0.39, 0.29) is 24.1 Å². The number of hydrogen-bond acceptors (Lipinski definition) is 4. The Balaban J connectivity index is 1.89. The molecule has 1 N–H and O–H groups in total. The first-order chi connectivity index (χ1) is 11.4. The SMILES string of the molecule is CC(C)[C@H](C)NC(=O)Cn1cnc2sc3c(c2c1=O)CC[C@@H](C)C3. The molecule has 1 amide bonds. The average Bonchev–Trinajstić information content (AvgIpc) is 2.87. The van der Waals surface area contributed by atoms with E-state index in [1.165, 1.54) is 15.8 Å². The van der Waals surface area contributed by atoms with Crippen LogP contribution in [0.1, 0.15) is 44.6 Å². The zero-order valence-corrected chi connectivity index (χ0v) is 15.6. The zero-order chi connectivity index (χ0) is 17.4. The molecule has 5 nitrogen and oxygen atoms in total. The minimum absolute atomic E-state index is 0.0276. The van der Waals surface area contributed by atoms with Crippen LogP contribution in [-0.2, 0) is 24.2 Å². The van der Waals surface area contributed by atoms with Crippen LogP contribution in [-0.4, -0.2) is 21.5 Å². The standard InChI is InChI=1S/C18H25N3O2S/c1-10(2)12(4)20-15(22)8-21-9-19-17-16(18(21)23)13-6-5-11(3)7-14(13)24-17/h9-12H,5-8H2,1-4H3,(H,20,22)/t11-,12+/m1/s1. The normalized spacial score (nSPS) is 18.6. The van der Waals surface area contributed by atoms with E-state index in [1.54, 1.807) is 11.3 Å². The van der Waals surface area contributed by atoms with Crippen LogP contribution in [0.2, 0.25) is 0 Å². The molecule has 0 fully saturated rings. The predicted molar refractivity (Wildman–Crippen MR) is 97.5 cm³/mol. The van der Waals surface area contributed by atoms with Gasteiger partial charge in [0.25, 0.3) is 5.56 Å². The Hall–Kier alpha value is -1.69. The minimum Gasteiger partial charge on any atom is -0.352 e. The molecule has 2 aromatic rings. The Kier molecular flexibility index (Phi) is 4.76. The van der Waals surface area contributed by atoms with Crippen molar-refractivity contribution in [2.75, 3.05) is 0 Å². The summed E-state index contributed by atoms with van der Waals surface area (Å²) in [6, 6.07) is 0.0836. The highest BCUT2D eigenvalue weighted by atomic mass is 32.1. The monoisotopic (exact) mass is 347 g/mol. The molecule has 6 heteroatoms. The van der Waals surface area contributed by atoms with Gasteiger partial charge in [0.2, 0.25) is 5.91 Å².